The Morgan fingerprint density at radius 3 is 2.76 bits per heavy atom. The Morgan fingerprint density at radius 1 is 1.28 bits per heavy atom. The van der Waals surface area contributed by atoms with Crippen LogP contribution in [0.25, 0.3) is 11.4 Å². The molecule has 1 amide bonds. The molecule has 0 spiro atoms. The quantitative estimate of drug-likeness (QED) is 0.746. The minimum atomic E-state index is -0.0999. The molecule has 0 bridgehead atoms. The predicted molar refractivity (Wildman–Crippen MR) is 94.0 cm³/mol. The first-order valence-corrected chi connectivity index (χ1v) is 8.28. The number of hydrogen-bond acceptors (Lipinski definition) is 5. The summed E-state index contributed by atoms with van der Waals surface area (Å²) in [7, 11) is 1.83. The lowest BCUT2D eigenvalue weighted by molar-refractivity contribution is -0.116. The van der Waals surface area contributed by atoms with Crippen LogP contribution in [-0.4, -0.2) is 25.8 Å². The Morgan fingerprint density at radius 2 is 2.04 bits per heavy atom. The van der Waals surface area contributed by atoms with E-state index in [2.05, 4.69) is 20.6 Å². The van der Waals surface area contributed by atoms with Gasteiger partial charge in [0.1, 0.15) is 5.82 Å². The fourth-order valence-electron chi connectivity index (χ4n) is 2.76. The summed E-state index contributed by atoms with van der Waals surface area (Å²) in [6, 6.07) is 9.59. The van der Waals surface area contributed by atoms with E-state index in [1.165, 1.54) is 0 Å². The smallest absolute Gasteiger partial charge is 0.227 e. The number of carbonyl (C=O) groups is 1. The SMILES string of the molecule is CCc1c(C)nn(C)c1NC(=O)CCc1nc(-c2ccccc2)no1. The highest BCUT2D eigenvalue weighted by molar-refractivity contribution is 5.90. The van der Waals surface area contributed by atoms with Gasteiger partial charge in [-0.15, -0.1) is 0 Å². The third-order valence-electron chi connectivity index (χ3n) is 4.02. The zero-order valence-corrected chi connectivity index (χ0v) is 14.6. The van der Waals surface area contributed by atoms with Crippen LogP contribution in [0.4, 0.5) is 5.82 Å². The van der Waals surface area contributed by atoms with Crippen LogP contribution in [0.5, 0.6) is 0 Å². The Bertz CT molecular complexity index is 867. The first-order chi connectivity index (χ1) is 12.1. The van der Waals surface area contributed by atoms with Gasteiger partial charge in [-0.1, -0.05) is 42.4 Å². The minimum absolute atomic E-state index is 0.0999. The second-order valence-corrected chi connectivity index (χ2v) is 5.82. The van der Waals surface area contributed by atoms with Crippen LogP contribution in [0.3, 0.4) is 0 Å². The lowest BCUT2D eigenvalue weighted by Crippen LogP contribution is -2.16. The molecule has 0 atom stereocenters. The molecule has 7 nitrogen and oxygen atoms in total. The fraction of sp³-hybridized carbons (Fsp3) is 0.333. The van der Waals surface area contributed by atoms with Crippen LogP contribution < -0.4 is 5.32 Å². The highest BCUT2D eigenvalue weighted by Crippen LogP contribution is 2.20. The van der Waals surface area contributed by atoms with E-state index < -0.39 is 0 Å². The van der Waals surface area contributed by atoms with Crippen LogP contribution in [-0.2, 0) is 24.7 Å². The number of carbonyl (C=O) groups excluding carboxylic acids is 1. The standard InChI is InChI=1S/C18H21N5O2/c1-4-14-12(2)21-23(3)18(14)19-15(24)10-11-16-20-17(22-25-16)13-8-6-5-7-9-13/h5-9H,4,10-11H2,1-3H3,(H,19,24). The number of amides is 1. The maximum Gasteiger partial charge on any atom is 0.227 e. The first kappa shape index (κ1) is 16.9. The van der Waals surface area contributed by atoms with Gasteiger partial charge in [-0.25, -0.2) is 0 Å². The molecule has 0 saturated carbocycles. The van der Waals surface area contributed by atoms with Crippen LogP contribution in [0.1, 0.15) is 30.5 Å². The molecule has 0 unspecified atom stereocenters. The van der Waals surface area contributed by atoms with Gasteiger partial charge in [0.15, 0.2) is 0 Å². The van der Waals surface area contributed by atoms with Crippen molar-refractivity contribution >= 4 is 11.7 Å². The molecule has 0 radical (unpaired) electrons. The van der Waals surface area contributed by atoms with Gasteiger partial charge < -0.3 is 9.84 Å². The molecule has 0 saturated heterocycles. The highest BCUT2D eigenvalue weighted by Gasteiger charge is 2.15. The van der Waals surface area contributed by atoms with Crippen molar-refractivity contribution in [2.75, 3.05) is 5.32 Å². The molecule has 2 aromatic heterocycles. The average Bonchev–Trinajstić information content (AvgIpc) is 3.19. The normalized spacial score (nSPS) is 10.8. The number of aromatic nitrogens is 4. The topological polar surface area (TPSA) is 85.8 Å². The Hall–Kier alpha value is -2.96. The number of rotatable bonds is 6. The maximum absolute atomic E-state index is 12.3. The molecule has 25 heavy (non-hydrogen) atoms. The van der Waals surface area contributed by atoms with Crippen LogP contribution in [0, 0.1) is 6.92 Å². The lowest BCUT2D eigenvalue weighted by Gasteiger charge is -2.07. The molecule has 0 aliphatic carbocycles. The third kappa shape index (κ3) is 3.76. The monoisotopic (exact) mass is 339 g/mol. The van der Waals surface area contributed by atoms with Gasteiger partial charge >= 0.3 is 0 Å². The molecule has 3 aromatic rings. The van der Waals surface area contributed by atoms with Crippen molar-refractivity contribution in [1.29, 1.82) is 0 Å². The van der Waals surface area contributed by atoms with Crippen molar-refractivity contribution < 1.29 is 9.32 Å². The largest absolute Gasteiger partial charge is 0.339 e. The molecule has 0 aliphatic heterocycles. The summed E-state index contributed by atoms with van der Waals surface area (Å²) >= 11 is 0. The van der Waals surface area contributed by atoms with Crippen molar-refractivity contribution in [3.63, 3.8) is 0 Å². The molecule has 0 aliphatic rings. The molecule has 1 N–H and O–H groups in total. The van der Waals surface area contributed by atoms with E-state index in [1.807, 2.05) is 51.2 Å². The second-order valence-electron chi connectivity index (χ2n) is 5.82. The summed E-state index contributed by atoms with van der Waals surface area (Å²) in [4.78, 5) is 16.6. The summed E-state index contributed by atoms with van der Waals surface area (Å²) in [5.41, 5.74) is 2.88. The molecule has 0 fully saturated rings. The van der Waals surface area contributed by atoms with Gasteiger partial charge in [0, 0.05) is 31.0 Å². The van der Waals surface area contributed by atoms with Gasteiger partial charge in [-0.2, -0.15) is 10.1 Å². The number of aryl methyl sites for hydroxylation is 3. The molecular weight excluding hydrogens is 318 g/mol. The molecule has 3 rings (SSSR count). The van der Waals surface area contributed by atoms with E-state index in [-0.39, 0.29) is 12.3 Å². The van der Waals surface area contributed by atoms with E-state index in [0.29, 0.717) is 18.1 Å². The fourth-order valence-corrected chi connectivity index (χ4v) is 2.76. The van der Waals surface area contributed by atoms with Gasteiger partial charge in [-0.3, -0.25) is 9.48 Å². The minimum Gasteiger partial charge on any atom is -0.339 e. The van der Waals surface area contributed by atoms with Gasteiger partial charge in [0.25, 0.3) is 0 Å². The lowest BCUT2D eigenvalue weighted by atomic mass is 10.2. The molecule has 130 valence electrons. The Balaban J connectivity index is 1.61. The zero-order chi connectivity index (χ0) is 17.8. The summed E-state index contributed by atoms with van der Waals surface area (Å²) < 4.78 is 6.93. The van der Waals surface area contributed by atoms with Crippen molar-refractivity contribution in [2.24, 2.45) is 7.05 Å². The molecule has 7 heteroatoms. The van der Waals surface area contributed by atoms with Gasteiger partial charge in [0.05, 0.1) is 5.69 Å². The van der Waals surface area contributed by atoms with Crippen LogP contribution >= 0.6 is 0 Å². The first-order valence-electron chi connectivity index (χ1n) is 8.28. The highest BCUT2D eigenvalue weighted by atomic mass is 16.5. The number of anilines is 1. The Kier molecular flexibility index (Phi) is 4.92. The number of benzene rings is 1. The molecular formula is C18H21N5O2. The molecule has 1 aromatic carbocycles. The summed E-state index contributed by atoms with van der Waals surface area (Å²) in [5, 5.41) is 11.2. The van der Waals surface area contributed by atoms with Gasteiger partial charge in [0.2, 0.25) is 17.6 Å². The van der Waals surface area contributed by atoms with E-state index in [1.54, 1.807) is 4.68 Å². The van der Waals surface area contributed by atoms with Gasteiger partial charge in [-0.05, 0) is 13.3 Å². The van der Waals surface area contributed by atoms with Crippen molar-refractivity contribution in [3.05, 3.63) is 47.5 Å². The van der Waals surface area contributed by atoms with E-state index in [0.717, 1.165) is 29.1 Å². The average molecular weight is 339 g/mol. The van der Waals surface area contributed by atoms with E-state index in [4.69, 9.17) is 4.52 Å². The van der Waals surface area contributed by atoms with Crippen molar-refractivity contribution in [2.45, 2.75) is 33.1 Å². The Labute approximate surface area is 146 Å². The van der Waals surface area contributed by atoms with Crippen molar-refractivity contribution in [1.82, 2.24) is 19.9 Å². The van der Waals surface area contributed by atoms with E-state index >= 15 is 0 Å². The van der Waals surface area contributed by atoms with Crippen molar-refractivity contribution in [3.8, 4) is 11.4 Å². The van der Waals surface area contributed by atoms with Crippen LogP contribution in [0.15, 0.2) is 34.9 Å². The maximum atomic E-state index is 12.3. The second kappa shape index (κ2) is 7.29. The summed E-state index contributed by atoms with van der Waals surface area (Å²) in [6.07, 6.45) is 1.48. The third-order valence-corrected chi connectivity index (χ3v) is 4.02. The van der Waals surface area contributed by atoms with E-state index in [9.17, 15) is 4.79 Å². The zero-order valence-electron chi connectivity index (χ0n) is 14.6. The number of nitrogens with one attached hydrogen (secondary N) is 1. The van der Waals surface area contributed by atoms with Crippen LogP contribution in [0.2, 0.25) is 0 Å². The number of hydrogen-bond donors (Lipinski definition) is 1. The molecule has 2 heterocycles. The summed E-state index contributed by atoms with van der Waals surface area (Å²) in [5.74, 6) is 1.63. The number of nitrogens with zero attached hydrogens (tertiary/aromatic N) is 4. The summed E-state index contributed by atoms with van der Waals surface area (Å²) in [6.45, 7) is 3.99. The predicted octanol–water partition coefficient (Wildman–Crippen LogP) is 2.91.